The van der Waals surface area contributed by atoms with Crippen LogP contribution in [0.25, 0.3) is 0 Å². The first-order chi connectivity index (χ1) is 9.63. The Balaban J connectivity index is 2.20. The van der Waals surface area contributed by atoms with Crippen molar-refractivity contribution in [1.82, 2.24) is 5.32 Å². The lowest BCUT2D eigenvalue weighted by Crippen LogP contribution is -2.33. The number of benzene rings is 2. The summed E-state index contributed by atoms with van der Waals surface area (Å²) in [5.41, 5.74) is 9.63. The lowest BCUT2D eigenvalue weighted by atomic mass is 10.0. The van der Waals surface area contributed by atoms with Crippen LogP contribution in [-0.4, -0.2) is 12.5 Å². The summed E-state index contributed by atoms with van der Waals surface area (Å²) in [6.07, 6.45) is 0. The van der Waals surface area contributed by atoms with Crippen LogP contribution >= 0.6 is 0 Å². The van der Waals surface area contributed by atoms with Gasteiger partial charge >= 0.3 is 0 Å². The molecule has 0 spiro atoms. The second-order valence-electron chi connectivity index (χ2n) is 4.92. The van der Waals surface area contributed by atoms with E-state index in [0.29, 0.717) is 12.1 Å². The third kappa shape index (κ3) is 3.06. The van der Waals surface area contributed by atoms with Gasteiger partial charge in [0.05, 0.1) is 6.04 Å². The summed E-state index contributed by atoms with van der Waals surface area (Å²) in [4.78, 5) is 12.4. The van der Waals surface area contributed by atoms with E-state index in [-0.39, 0.29) is 11.9 Å². The van der Waals surface area contributed by atoms with E-state index in [1.54, 1.807) is 0 Å². The Labute approximate surface area is 119 Å². The van der Waals surface area contributed by atoms with Crippen LogP contribution in [0.1, 0.15) is 33.1 Å². The number of aryl methyl sites for hydroxylation is 1. The normalized spacial score (nSPS) is 11.9. The van der Waals surface area contributed by atoms with Crippen LogP contribution < -0.4 is 11.1 Å². The molecular formula is C17H20N2O. The van der Waals surface area contributed by atoms with Crippen LogP contribution in [0, 0.1) is 13.8 Å². The van der Waals surface area contributed by atoms with E-state index in [9.17, 15) is 4.79 Å². The zero-order valence-corrected chi connectivity index (χ0v) is 11.9. The van der Waals surface area contributed by atoms with Crippen LogP contribution in [0.15, 0.2) is 48.5 Å². The standard InChI is InChI=1S/C17H20N2O/c1-12-7-6-10-15(13(12)2)17(20)19-16(11-18)14-8-4-3-5-9-14/h3-10,16H,11,18H2,1-2H3,(H,19,20). The fourth-order valence-electron chi connectivity index (χ4n) is 2.20. The molecule has 3 nitrogen and oxygen atoms in total. The minimum atomic E-state index is -0.163. The molecule has 0 saturated heterocycles. The SMILES string of the molecule is Cc1cccc(C(=O)NC(CN)c2ccccc2)c1C. The Kier molecular flexibility index (Phi) is 4.53. The molecule has 2 aromatic carbocycles. The summed E-state index contributed by atoms with van der Waals surface area (Å²) in [5.74, 6) is -0.0782. The van der Waals surface area contributed by atoms with Crippen molar-refractivity contribution in [2.45, 2.75) is 19.9 Å². The quantitative estimate of drug-likeness (QED) is 0.895. The Morgan fingerprint density at radius 2 is 1.80 bits per heavy atom. The number of hydrogen-bond donors (Lipinski definition) is 2. The Hall–Kier alpha value is -2.13. The summed E-state index contributed by atoms with van der Waals surface area (Å²) in [5, 5.41) is 3.00. The molecule has 1 amide bonds. The molecule has 0 aliphatic heterocycles. The molecule has 2 aromatic rings. The molecule has 0 aromatic heterocycles. The van der Waals surface area contributed by atoms with Crippen molar-refractivity contribution in [3.05, 3.63) is 70.8 Å². The Bertz CT molecular complexity index is 593. The molecule has 0 heterocycles. The monoisotopic (exact) mass is 268 g/mol. The summed E-state index contributed by atoms with van der Waals surface area (Å²) in [6.45, 7) is 4.34. The maximum Gasteiger partial charge on any atom is 0.252 e. The van der Waals surface area contributed by atoms with E-state index >= 15 is 0 Å². The summed E-state index contributed by atoms with van der Waals surface area (Å²) in [7, 11) is 0. The number of amides is 1. The van der Waals surface area contributed by atoms with Gasteiger partial charge in [-0.25, -0.2) is 0 Å². The van der Waals surface area contributed by atoms with Crippen LogP contribution in [-0.2, 0) is 0 Å². The maximum absolute atomic E-state index is 12.4. The number of carbonyl (C=O) groups is 1. The molecule has 0 aliphatic carbocycles. The molecule has 20 heavy (non-hydrogen) atoms. The van der Waals surface area contributed by atoms with Crippen molar-refractivity contribution >= 4 is 5.91 Å². The molecular weight excluding hydrogens is 248 g/mol. The molecule has 1 unspecified atom stereocenters. The van der Waals surface area contributed by atoms with Gasteiger partial charge in [-0.2, -0.15) is 0 Å². The third-order valence-electron chi connectivity index (χ3n) is 3.59. The van der Waals surface area contributed by atoms with Crippen molar-refractivity contribution in [3.63, 3.8) is 0 Å². The summed E-state index contributed by atoms with van der Waals surface area (Å²) in [6, 6.07) is 15.4. The minimum absolute atomic E-state index is 0.0782. The van der Waals surface area contributed by atoms with Gasteiger partial charge in [0.15, 0.2) is 0 Å². The lowest BCUT2D eigenvalue weighted by molar-refractivity contribution is 0.0937. The van der Waals surface area contributed by atoms with Gasteiger partial charge in [0.2, 0.25) is 0 Å². The second-order valence-corrected chi connectivity index (χ2v) is 4.92. The van der Waals surface area contributed by atoms with E-state index in [0.717, 1.165) is 16.7 Å². The molecule has 3 N–H and O–H groups in total. The van der Waals surface area contributed by atoms with Gasteiger partial charge in [-0.15, -0.1) is 0 Å². The van der Waals surface area contributed by atoms with Crippen LogP contribution in [0.2, 0.25) is 0 Å². The first-order valence-electron chi connectivity index (χ1n) is 6.75. The average Bonchev–Trinajstić information content (AvgIpc) is 2.48. The highest BCUT2D eigenvalue weighted by molar-refractivity contribution is 5.96. The molecule has 0 bridgehead atoms. The number of nitrogens with two attached hydrogens (primary N) is 1. The highest BCUT2D eigenvalue weighted by atomic mass is 16.1. The van der Waals surface area contributed by atoms with Crippen molar-refractivity contribution in [2.75, 3.05) is 6.54 Å². The smallest absolute Gasteiger partial charge is 0.252 e. The van der Waals surface area contributed by atoms with Gasteiger partial charge in [0, 0.05) is 12.1 Å². The minimum Gasteiger partial charge on any atom is -0.344 e. The number of nitrogens with one attached hydrogen (secondary N) is 1. The van der Waals surface area contributed by atoms with Crippen LogP contribution in [0.5, 0.6) is 0 Å². The van der Waals surface area contributed by atoms with Crippen molar-refractivity contribution in [3.8, 4) is 0 Å². The maximum atomic E-state index is 12.4. The highest BCUT2D eigenvalue weighted by Gasteiger charge is 2.15. The van der Waals surface area contributed by atoms with Crippen LogP contribution in [0.4, 0.5) is 0 Å². The molecule has 104 valence electrons. The first kappa shape index (κ1) is 14.3. The third-order valence-corrected chi connectivity index (χ3v) is 3.59. The van der Waals surface area contributed by atoms with Crippen molar-refractivity contribution < 1.29 is 4.79 Å². The van der Waals surface area contributed by atoms with Gasteiger partial charge in [0.25, 0.3) is 5.91 Å². The molecule has 3 heteroatoms. The summed E-state index contributed by atoms with van der Waals surface area (Å²) < 4.78 is 0. The summed E-state index contributed by atoms with van der Waals surface area (Å²) >= 11 is 0. The fourth-order valence-corrected chi connectivity index (χ4v) is 2.20. The van der Waals surface area contributed by atoms with Gasteiger partial charge in [0.1, 0.15) is 0 Å². The molecule has 0 aliphatic rings. The van der Waals surface area contributed by atoms with Gasteiger partial charge in [-0.3, -0.25) is 4.79 Å². The van der Waals surface area contributed by atoms with E-state index < -0.39 is 0 Å². The van der Waals surface area contributed by atoms with Crippen LogP contribution in [0.3, 0.4) is 0 Å². The van der Waals surface area contributed by atoms with Crippen molar-refractivity contribution in [2.24, 2.45) is 5.73 Å². The average molecular weight is 268 g/mol. The van der Waals surface area contributed by atoms with Gasteiger partial charge < -0.3 is 11.1 Å². The second kappa shape index (κ2) is 6.35. The Morgan fingerprint density at radius 3 is 2.45 bits per heavy atom. The topological polar surface area (TPSA) is 55.1 Å². The molecule has 0 saturated carbocycles. The zero-order chi connectivity index (χ0) is 14.5. The number of hydrogen-bond acceptors (Lipinski definition) is 2. The van der Waals surface area contributed by atoms with E-state index in [2.05, 4.69) is 5.32 Å². The van der Waals surface area contributed by atoms with E-state index in [1.165, 1.54) is 0 Å². The van der Waals surface area contributed by atoms with E-state index in [4.69, 9.17) is 5.73 Å². The highest BCUT2D eigenvalue weighted by Crippen LogP contribution is 2.16. The molecule has 0 fully saturated rings. The predicted octanol–water partition coefficient (Wildman–Crippen LogP) is 2.73. The largest absolute Gasteiger partial charge is 0.344 e. The molecule has 2 rings (SSSR count). The predicted molar refractivity (Wildman–Crippen MR) is 81.6 cm³/mol. The first-order valence-corrected chi connectivity index (χ1v) is 6.75. The molecule has 1 atom stereocenters. The fraction of sp³-hybridized carbons (Fsp3) is 0.235. The lowest BCUT2D eigenvalue weighted by Gasteiger charge is -2.18. The van der Waals surface area contributed by atoms with E-state index in [1.807, 2.05) is 62.4 Å². The number of rotatable bonds is 4. The Morgan fingerprint density at radius 1 is 1.10 bits per heavy atom. The van der Waals surface area contributed by atoms with Gasteiger partial charge in [-0.05, 0) is 36.6 Å². The van der Waals surface area contributed by atoms with Crippen molar-refractivity contribution in [1.29, 1.82) is 0 Å². The zero-order valence-electron chi connectivity index (χ0n) is 11.9. The molecule has 0 radical (unpaired) electrons. The number of carbonyl (C=O) groups excluding carboxylic acids is 1. The van der Waals surface area contributed by atoms with Gasteiger partial charge in [-0.1, -0.05) is 42.5 Å².